The van der Waals surface area contributed by atoms with E-state index in [1.165, 1.54) is 12.1 Å². The highest BCUT2D eigenvalue weighted by Gasteiger charge is 2.15. The molecule has 2 N–H and O–H groups in total. The lowest BCUT2D eigenvalue weighted by atomic mass is 10.2. The van der Waals surface area contributed by atoms with Crippen molar-refractivity contribution in [2.24, 2.45) is 0 Å². The Morgan fingerprint density at radius 3 is 2.50 bits per heavy atom. The molecule has 4 aromatic rings. The van der Waals surface area contributed by atoms with E-state index in [4.69, 9.17) is 11.6 Å². The third kappa shape index (κ3) is 4.71. The van der Waals surface area contributed by atoms with Gasteiger partial charge >= 0.3 is 0 Å². The Labute approximate surface area is 187 Å². The van der Waals surface area contributed by atoms with Gasteiger partial charge in [-0.3, -0.25) is 19.5 Å². The van der Waals surface area contributed by atoms with Crippen molar-refractivity contribution in [3.05, 3.63) is 93.8 Å². The quantitative estimate of drug-likeness (QED) is 0.327. The smallest absolute Gasteiger partial charge is 0.270 e. The van der Waals surface area contributed by atoms with Gasteiger partial charge in [-0.15, -0.1) is 0 Å². The highest BCUT2D eigenvalue weighted by atomic mass is 35.5. The van der Waals surface area contributed by atoms with Gasteiger partial charge in [-0.2, -0.15) is 0 Å². The van der Waals surface area contributed by atoms with E-state index in [1.54, 1.807) is 60.5 Å². The van der Waals surface area contributed by atoms with Gasteiger partial charge in [0, 0.05) is 42.0 Å². The number of aromatic nitrogens is 4. The Morgan fingerprint density at radius 1 is 1.09 bits per heavy atom. The fraction of sp³-hybridized carbons (Fsp3) is 0.0476. The van der Waals surface area contributed by atoms with E-state index in [9.17, 15) is 14.9 Å². The number of aryl methyl sites for hydroxylation is 1. The van der Waals surface area contributed by atoms with Crippen LogP contribution in [0.5, 0.6) is 0 Å². The summed E-state index contributed by atoms with van der Waals surface area (Å²) in [6.07, 6.45) is 5.11. The number of nitro groups is 1. The summed E-state index contributed by atoms with van der Waals surface area (Å²) in [5.41, 5.74) is 1.25. The fourth-order valence-corrected chi connectivity index (χ4v) is 3.19. The van der Waals surface area contributed by atoms with Gasteiger partial charge in [-0.25, -0.2) is 15.0 Å². The highest BCUT2D eigenvalue weighted by Crippen LogP contribution is 2.24. The molecule has 0 unspecified atom stereocenters. The predicted molar refractivity (Wildman–Crippen MR) is 120 cm³/mol. The maximum absolute atomic E-state index is 12.5. The molecule has 0 atom stereocenters. The Morgan fingerprint density at radius 2 is 1.84 bits per heavy atom. The molecule has 2 aromatic carbocycles. The molecule has 2 heterocycles. The topological polar surface area (TPSA) is 128 Å². The van der Waals surface area contributed by atoms with E-state index in [2.05, 4.69) is 25.6 Å². The largest absolute Gasteiger partial charge is 0.340 e. The third-order valence-corrected chi connectivity index (χ3v) is 4.73. The number of hydrogen-bond donors (Lipinski definition) is 2. The van der Waals surface area contributed by atoms with Crippen LogP contribution in [-0.2, 0) is 0 Å². The Kier molecular flexibility index (Phi) is 5.77. The second kappa shape index (κ2) is 8.82. The monoisotopic (exact) mass is 449 g/mol. The van der Waals surface area contributed by atoms with Gasteiger partial charge in [0.05, 0.1) is 15.5 Å². The molecule has 0 spiro atoms. The number of nitro benzene ring substituents is 1. The minimum absolute atomic E-state index is 0.00261. The van der Waals surface area contributed by atoms with E-state index in [-0.39, 0.29) is 16.3 Å². The Balaban J connectivity index is 1.46. The van der Waals surface area contributed by atoms with Crippen LogP contribution in [0.15, 0.2) is 67.3 Å². The zero-order valence-corrected chi connectivity index (χ0v) is 17.4. The number of nitrogens with one attached hydrogen (secondary N) is 2. The van der Waals surface area contributed by atoms with Crippen LogP contribution >= 0.6 is 11.6 Å². The van der Waals surface area contributed by atoms with Crippen molar-refractivity contribution in [1.29, 1.82) is 0 Å². The average Bonchev–Trinajstić information content (AvgIpc) is 3.29. The number of anilines is 3. The number of hydrogen-bond acceptors (Lipinski definition) is 7. The van der Waals surface area contributed by atoms with Crippen molar-refractivity contribution in [3.63, 3.8) is 0 Å². The first-order valence-electron chi connectivity index (χ1n) is 9.35. The molecule has 0 fully saturated rings. The molecule has 1 amide bonds. The van der Waals surface area contributed by atoms with E-state index in [0.717, 1.165) is 11.8 Å². The van der Waals surface area contributed by atoms with E-state index >= 15 is 0 Å². The molecule has 0 saturated carbocycles. The molecule has 0 aliphatic rings. The van der Waals surface area contributed by atoms with Gasteiger partial charge in [0.2, 0.25) is 0 Å². The molecule has 0 saturated heterocycles. The van der Waals surface area contributed by atoms with Crippen LogP contribution < -0.4 is 10.6 Å². The first kappa shape index (κ1) is 20.9. The molecular weight excluding hydrogens is 434 g/mol. The fourth-order valence-electron chi connectivity index (χ4n) is 2.93. The summed E-state index contributed by atoms with van der Waals surface area (Å²) in [4.78, 5) is 35.5. The molecule has 11 heteroatoms. The second-order valence-electron chi connectivity index (χ2n) is 6.71. The summed E-state index contributed by atoms with van der Waals surface area (Å²) in [6.45, 7) is 1.80. The van der Waals surface area contributed by atoms with Crippen molar-refractivity contribution in [1.82, 2.24) is 19.5 Å². The average molecular weight is 450 g/mol. The number of carbonyl (C=O) groups is 1. The van der Waals surface area contributed by atoms with Crippen LogP contribution in [-0.4, -0.2) is 30.3 Å². The predicted octanol–water partition coefficient (Wildman–Crippen LogP) is 4.53. The van der Waals surface area contributed by atoms with Crippen LogP contribution in [0.25, 0.3) is 5.82 Å². The summed E-state index contributed by atoms with van der Waals surface area (Å²) in [5, 5.41) is 16.7. The van der Waals surface area contributed by atoms with Crippen molar-refractivity contribution in [3.8, 4) is 5.82 Å². The number of carbonyl (C=O) groups excluding carboxylic acids is 1. The van der Waals surface area contributed by atoms with Gasteiger partial charge in [-0.1, -0.05) is 11.6 Å². The number of rotatable bonds is 6. The number of imidazole rings is 1. The van der Waals surface area contributed by atoms with Crippen molar-refractivity contribution >= 4 is 40.4 Å². The summed E-state index contributed by atoms with van der Waals surface area (Å²) in [6, 6.07) is 12.5. The molecule has 160 valence electrons. The van der Waals surface area contributed by atoms with Crippen molar-refractivity contribution in [2.45, 2.75) is 6.92 Å². The first-order chi connectivity index (χ1) is 15.4. The summed E-state index contributed by atoms with van der Waals surface area (Å²) < 4.78 is 1.78. The second-order valence-corrected chi connectivity index (χ2v) is 7.11. The van der Waals surface area contributed by atoms with Crippen molar-refractivity contribution < 1.29 is 9.72 Å². The number of amides is 1. The van der Waals surface area contributed by atoms with E-state index < -0.39 is 10.8 Å². The van der Waals surface area contributed by atoms with Gasteiger partial charge in [0.1, 0.15) is 23.8 Å². The lowest BCUT2D eigenvalue weighted by Crippen LogP contribution is -2.12. The molecule has 0 aliphatic carbocycles. The first-order valence-corrected chi connectivity index (χ1v) is 9.73. The van der Waals surface area contributed by atoms with Crippen LogP contribution in [0.2, 0.25) is 5.02 Å². The summed E-state index contributed by atoms with van der Waals surface area (Å²) >= 11 is 6.02. The van der Waals surface area contributed by atoms with Gasteiger partial charge in [0.25, 0.3) is 11.6 Å². The molecule has 0 bridgehead atoms. The summed E-state index contributed by atoms with van der Waals surface area (Å²) in [7, 11) is 0. The van der Waals surface area contributed by atoms with Gasteiger partial charge in [-0.05, 0) is 37.3 Å². The molecule has 0 aliphatic heterocycles. The number of non-ortho nitro benzene ring substituents is 1. The number of nitrogens with zero attached hydrogens (tertiary/aromatic N) is 5. The third-order valence-electron chi connectivity index (χ3n) is 4.42. The van der Waals surface area contributed by atoms with Gasteiger partial charge in [0.15, 0.2) is 0 Å². The lowest BCUT2D eigenvalue weighted by molar-refractivity contribution is -0.384. The maximum Gasteiger partial charge on any atom is 0.270 e. The molecule has 32 heavy (non-hydrogen) atoms. The Hall–Kier alpha value is -4.31. The lowest BCUT2D eigenvalue weighted by Gasteiger charge is -2.10. The molecular formula is C21H16ClN7O3. The van der Waals surface area contributed by atoms with Crippen LogP contribution in [0.1, 0.15) is 16.2 Å². The van der Waals surface area contributed by atoms with E-state index in [1.807, 2.05) is 0 Å². The maximum atomic E-state index is 12.5. The number of benzene rings is 2. The zero-order chi connectivity index (χ0) is 22.7. The minimum Gasteiger partial charge on any atom is -0.340 e. The normalized spacial score (nSPS) is 10.6. The van der Waals surface area contributed by atoms with Crippen LogP contribution in [0.3, 0.4) is 0 Å². The van der Waals surface area contributed by atoms with E-state index in [0.29, 0.717) is 23.1 Å². The molecule has 0 radical (unpaired) electrons. The Bertz CT molecular complexity index is 1290. The molecule has 4 rings (SSSR count). The molecule has 10 nitrogen and oxygen atoms in total. The summed E-state index contributed by atoms with van der Waals surface area (Å²) in [5.74, 6) is 1.42. The molecule has 2 aromatic heterocycles. The van der Waals surface area contributed by atoms with Gasteiger partial charge < -0.3 is 10.6 Å². The van der Waals surface area contributed by atoms with Crippen LogP contribution in [0.4, 0.5) is 22.9 Å². The standard InChI is InChI=1S/C21H16ClN7O3/c1-13-24-19(11-20(25-13)28-9-8-23-12-28)26-14-2-4-15(5-3-14)27-21(30)17-7-6-16(29(31)32)10-18(17)22/h2-12H,1H3,(H,27,30)(H,24,25,26). The zero-order valence-electron chi connectivity index (χ0n) is 16.7. The van der Waals surface area contributed by atoms with Crippen LogP contribution in [0, 0.1) is 17.0 Å². The van der Waals surface area contributed by atoms with Crippen molar-refractivity contribution in [2.75, 3.05) is 10.6 Å². The highest BCUT2D eigenvalue weighted by molar-refractivity contribution is 6.34. The minimum atomic E-state index is -0.573. The SMILES string of the molecule is Cc1nc(Nc2ccc(NC(=O)c3ccc([N+](=O)[O-])cc3Cl)cc2)cc(-n2ccnc2)n1. The number of halogens is 1.